The van der Waals surface area contributed by atoms with E-state index in [0.29, 0.717) is 16.1 Å². The van der Waals surface area contributed by atoms with Crippen molar-refractivity contribution in [1.82, 2.24) is 0 Å². The van der Waals surface area contributed by atoms with E-state index in [-0.39, 0.29) is 5.78 Å². The van der Waals surface area contributed by atoms with E-state index in [0.717, 1.165) is 10.0 Å². The van der Waals surface area contributed by atoms with Crippen LogP contribution in [0.15, 0.2) is 46.9 Å². The Bertz CT molecular complexity index is 706. The van der Waals surface area contributed by atoms with E-state index < -0.39 is 5.92 Å². The van der Waals surface area contributed by atoms with Crippen LogP contribution in [0.5, 0.6) is 0 Å². The van der Waals surface area contributed by atoms with Crippen molar-refractivity contribution in [3.63, 3.8) is 0 Å². The van der Waals surface area contributed by atoms with Gasteiger partial charge in [-0.1, -0.05) is 39.7 Å². The van der Waals surface area contributed by atoms with Gasteiger partial charge in [-0.2, -0.15) is 5.26 Å². The number of ketones is 1. The number of hydrogen-bond donors (Lipinski definition) is 0. The molecular weight excluding hydrogens is 338 g/mol. The fraction of sp³-hybridized carbons (Fsp3) is 0.125. The van der Waals surface area contributed by atoms with Crippen molar-refractivity contribution in [3.8, 4) is 6.07 Å². The first-order chi connectivity index (χ1) is 9.52. The number of carbonyl (C=O) groups is 1. The van der Waals surface area contributed by atoms with Crippen molar-refractivity contribution in [3.05, 3.63) is 68.7 Å². The van der Waals surface area contributed by atoms with Gasteiger partial charge in [0.15, 0.2) is 5.78 Å². The molecule has 0 aliphatic carbocycles. The quantitative estimate of drug-likeness (QED) is 0.740. The number of aryl methyl sites for hydroxylation is 1. The summed E-state index contributed by atoms with van der Waals surface area (Å²) in [7, 11) is 0. The molecular formula is C16H11BrClNO. The molecule has 0 bridgehead atoms. The second kappa shape index (κ2) is 6.21. The van der Waals surface area contributed by atoms with E-state index in [1.807, 2.05) is 19.1 Å². The number of rotatable bonds is 3. The van der Waals surface area contributed by atoms with Gasteiger partial charge in [-0.05, 0) is 48.4 Å². The van der Waals surface area contributed by atoms with Crippen molar-refractivity contribution >= 4 is 33.3 Å². The SMILES string of the molecule is Cc1cc(Cl)ccc1C(=O)C(C#N)c1cccc(Br)c1. The topological polar surface area (TPSA) is 40.9 Å². The molecule has 2 nitrogen and oxygen atoms in total. The van der Waals surface area contributed by atoms with E-state index in [9.17, 15) is 10.1 Å². The van der Waals surface area contributed by atoms with Crippen LogP contribution in [-0.2, 0) is 0 Å². The monoisotopic (exact) mass is 347 g/mol. The van der Waals surface area contributed by atoms with Crippen molar-refractivity contribution in [2.45, 2.75) is 12.8 Å². The first kappa shape index (κ1) is 14.8. The van der Waals surface area contributed by atoms with Crippen molar-refractivity contribution < 1.29 is 4.79 Å². The highest BCUT2D eigenvalue weighted by atomic mass is 79.9. The van der Waals surface area contributed by atoms with Gasteiger partial charge in [-0.15, -0.1) is 0 Å². The van der Waals surface area contributed by atoms with E-state index in [2.05, 4.69) is 22.0 Å². The lowest BCUT2D eigenvalue weighted by atomic mass is 9.90. The highest BCUT2D eigenvalue weighted by molar-refractivity contribution is 9.10. The van der Waals surface area contributed by atoms with Crippen molar-refractivity contribution in [2.24, 2.45) is 0 Å². The molecule has 0 N–H and O–H groups in total. The molecule has 0 aliphatic heterocycles. The molecule has 2 rings (SSSR count). The Kier molecular flexibility index (Phi) is 4.59. The number of Topliss-reactive ketones (excluding diaryl/α,β-unsaturated/α-hetero) is 1. The molecule has 0 amide bonds. The van der Waals surface area contributed by atoms with Gasteiger partial charge in [0.05, 0.1) is 6.07 Å². The summed E-state index contributed by atoms with van der Waals surface area (Å²) < 4.78 is 0.843. The van der Waals surface area contributed by atoms with Crippen LogP contribution in [-0.4, -0.2) is 5.78 Å². The van der Waals surface area contributed by atoms with Gasteiger partial charge in [0.1, 0.15) is 5.92 Å². The smallest absolute Gasteiger partial charge is 0.184 e. The number of carbonyl (C=O) groups excluding carboxylic acids is 1. The van der Waals surface area contributed by atoms with Crippen LogP contribution in [0.3, 0.4) is 0 Å². The third-order valence-corrected chi connectivity index (χ3v) is 3.76. The van der Waals surface area contributed by atoms with Crippen LogP contribution in [0.2, 0.25) is 5.02 Å². The fourth-order valence-electron chi connectivity index (χ4n) is 2.03. The molecule has 2 aromatic rings. The summed E-state index contributed by atoms with van der Waals surface area (Å²) in [5.74, 6) is -1.02. The lowest BCUT2D eigenvalue weighted by molar-refractivity contribution is 0.0978. The zero-order valence-corrected chi connectivity index (χ0v) is 13.1. The average molecular weight is 349 g/mol. The molecule has 0 saturated heterocycles. The van der Waals surface area contributed by atoms with E-state index >= 15 is 0 Å². The Morgan fingerprint density at radius 2 is 2.05 bits per heavy atom. The number of nitrogens with zero attached hydrogens (tertiary/aromatic N) is 1. The largest absolute Gasteiger partial charge is 0.292 e. The second-order valence-corrected chi connectivity index (χ2v) is 5.79. The summed E-state index contributed by atoms with van der Waals surface area (Å²) in [5, 5.41) is 9.91. The minimum absolute atomic E-state index is 0.209. The standard InChI is InChI=1S/C16H11BrClNO/c1-10-7-13(18)5-6-14(10)16(20)15(9-19)11-3-2-4-12(17)8-11/h2-8,15H,1H3. The number of halogens is 2. The Balaban J connectivity index is 2.42. The Morgan fingerprint density at radius 3 is 2.65 bits per heavy atom. The van der Waals surface area contributed by atoms with Gasteiger partial charge >= 0.3 is 0 Å². The summed E-state index contributed by atoms with van der Waals surface area (Å²) in [6.45, 7) is 1.81. The second-order valence-electron chi connectivity index (χ2n) is 4.44. The molecule has 0 spiro atoms. The van der Waals surface area contributed by atoms with Gasteiger partial charge < -0.3 is 0 Å². The maximum atomic E-state index is 12.5. The molecule has 1 atom stereocenters. The lowest BCUT2D eigenvalue weighted by Gasteiger charge is -2.11. The number of nitriles is 1. The molecule has 1 unspecified atom stereocenters. The van der Waals surface area contributed by atoms with E-state index in [1.54, 1.807) is 30.3 Å². The average Bonchev–Trinajstić information content (AvgIpc) is 2.39. The van der Waals surface area contributed by atoms with Gasteiger partial charge in [0, 0.05) is 15.1 Å². The molecule has 0 aliphatic rings. The summed E-state index contributed by atoms with van der Waals surface area (Å²) in [5.41, 5.74) is 1.99. The zero-order chi connectivity index (χ0) is 14.7. The maximum absolute atomic E-state index is 12.5. The Morgan fingerprint density at radius 1 is 1.30 bits per heavy atom. The van der Waals surface area contributed by atoms with E-state index in [1.165, 1.54) is 0 Å². The summed E-state index contributed by atoms with van der Waals surface area (Å²) in [4.78, 5) is 12.5. The molecule has 0 aromatic heterocycles. The number of benzene rings is 2. The molecule has 2 aromatic carbocycles. The molecule has 100 valence electrons. The predicted molar refractivity (Wildman–Crippen MR) is 83.0 cm³/mol. The molecule has 4 heteroatoms. The molecule has 20 heavy (non-hydrogen) atoms. The Hall–Kier alpha value is -1.63. The highest BCUT2D eigenvalue weighted by Crippen LogP contribution is 2.25. The van der Waals surface area contributed by atoms with Crippen LogP contribution < -0.4 is 0 Å². The summed E-state index contributed by atoms with van der Waals surface area (Å²) >= 11 is 9.24. The van der Waals surface area contributed by atoms with Crippen LogP contribution in [0.4, 0.5) is 0 Å². The van der Waals surface area contributed by atoms with Crippen LogP contribution in [0.1, 0.15) is 27.4 Å². The zero-order valence-electron chi connectivity index (χ0n) is 10.7. The van der Waals surface area contributed by atoms with Crippen LogP contribution in [0.25, 0.3) is 0 Å². The fourth-order valence-corrected chi connectivity index (χ4v) is 2.67. The summed E-state index contributed by atoms with van der Waals surface area (Å²) in [6, 6.07) is 14.4. The summed E-state index contributed by atoms with van der Waals surface area (Å²) in [6.07, 6.45) is 0. The normalized spacial score (nSPS) is 11.7. The molecule has 0 heterocycles. The highest BCUT2D eigenvalue weighted by Gasteiger charge is 2.23. The minimum atomic E-state index is -0.813. The van der Waals surface area contributed by atoms with E-state index in [4.69, 9.17) is 11.6 Å². The van der Waals surface area contributed by atoms with Gasteiger partial charge in [-0.3, -0.25) is 4.79 Å². The van der Waals surface area contributed by atoms with Gasteiger partial charge in [0.2, 0.25) is 0 Å². The van der Waals surface area contributed by atoms with Crippen molar-refractivity contribution in [2.75, 3.05) is 0 Å². The minimum Gasteiger partial charge on any atom is -0.292 e. The Labute approximate surface area is 131 Å². The lowest BCUT2D eigenvalue weighted by Crippen LogP contribution is -2.12. The third-order valence-electron chi connectivity index (χ3n) is 3.03. The van der Waals surface area contributed by atoms with Gasteiger partial charge in [-0.25, -0.2) is 0 Å². The first-order valence-electron chi connectivity index (χ1n) is 5.98. The van der Waals surface area contributed by atoms with Gasteiger partial charge in [0.25, 0.3) is 0 Å². The molecule has 0 saturated carbocycles. The predicted octanol–water partition coefficient (Wildman–Crippen LogP) is 4.90. The maximum Gasteiger partial charge on any atom is 0.184 e. The number of hydrogen-bond acceptors (Lipinski definition) is 2. The third kappa shape index (κ3) is 3.09. The first-order valence-corrected chi connectivity index (χ1v) is 7.15. The molecule has 0 fully saturated rings. The van der Waals surface area contributed by atoms with Crippen LogP contribution in [0, 0.1) is 18.3 Å². The molecule has 0 radical (unpaired) electrons. The van der Waals surface area contributed by atoms with Crippen molar-refractivity contribution in [1.29, 1.82) is 5.26 Å². The van der Waals surface area contributed by atoms with Crippen LogP contribution >= 0.6 is 27.5 Å².